The number of carbonyl (C=O) groups is 2. The van der Waals surface area contributed by atoms with Gasteiger partial charge in [0.2, 0.25) is 0 Å². The summed E-state index contributed by atoms with van der Waals surface area (Å²) in [5.74, 6) is 0.451. The predicted octanol–water partition coefficient (Wildman–Crippen LogP) is 2.14. The first-order valence-electron chi connectivity index (χ1n) is 8.48. The SMILES string of the molecule is O=C1OC(C(=O)NCC2COc3ccccc3C2)Cc2ccccc21. The third-order valence-corrected chi connectivity index (χ3v) is 4.71. The van der Waals surface area contributed by atoms with E-state index in [1.807, 2.05) is 36.4 Å². The molecule has 2 aliphatic heterocycles. The molecule has 0 aliphatic carbocycles. The number of hydrogen-bond donors (Lipinski definition) is 1. The first kappa shape index (κ1) is 15.7. The lowest BCUT2D eigenvalue weighted by molar-refractivity contribution is -0.130. The van der Waals surface area contributed by atoms with Crippen LogP contribution in [0.4, 0.5) is 0 Å². The molecule has 0 radical (unpaired) electrons. The Balaban J connectivity index is 1.35. The molecule has 0 bridgehead atoms. The van der Waals surface area contributed by atoms with Crippen molar-refractivity contribution >= 4 is 11.9 Å². The van der Waals surface area contributed by atoms with Gasteiger partial charge in [0.15, 0.2) is 6.10 Å². The highest BCUT2D eigenvalue weighted by Crippen LogP contribution is 2.26. The van der Waals surface area contributed by atoms with Gasteiger partial charge in [-0.15, -0.1) is 0 Å². The lowest BCUT2D eigenvalue weighted by Gasteiger charge is -2.27. The van der Waals surface area contributed by atoms with Crippen LogP contribution in [0, 0.1) is 5.92 Å². The number of nitrogens with one attached hydrogen (secondary N) is 1. The molecular weight excluding hydrogens is 318 g/mol. The fourth-order valence-electron chi connectivity index (χ4n) is 3.36. The van der Waals surface area contributed by atoms with E-state index in [9.17, 15) is 9.59 Å². The average molecular weight is 337 g/mol. The maximum atomic E-state index is 12.4. The summed E-state index contributed by atoms with van der Waals surface area (Å²) < 4.78 is 11.0. The van der Waals surface area contributed by atoms with Crippen molar-refractivity contribution in [3.63, 3.8) is 0 Å². The third kappa shape index (κ3) is 3.22. The second-order valence-electron chi connectivity index (χ2n) is 6.49. The Morgan fingerprint density at radius 3 is 2.68 bits per heavy atom. The van der Waals surface area contributed by atoms with E-state index in [1.165, 1.54) is 0 Å². The van der Waals surface area contributed by atoms with Crippen molar-refractivity contribution in [2.75, 3.05) is 13.2 Å². The summed E-state index contributed by atoms with van der Waals surface area (Å²) in [4.78, 5) is 24.4. The molecule has 0 saturated carbocycles. The van der Waals surface area contributed by atoms with Crippen LogP contribution < -0.4 is 10.1 Å². The molecule has 2 aliphatic rings. The number of rotatable bonds is 3. The summed E-state index contributed by atoms with van der Waals surface area (Å²) in [6.45, 7) is 1.08. The summed E-state index contributed by atoms with van der Waals surface area (Å²) in [7, 11) is 0. The van der Waals surface area contributed by atoms with E-state index in [-0.39, 0.29) is 11.8 Å². The molecule has 2 atom stereocenters. The maximum absolute atomic E-state index is 12.4. The van der Waals surface area contributed by atoms with Gasteiger partial charge >= 0.3 is 5.97 Å². The van der Waals surface area contributed by atoms with E-state index in [2.05, 4.69) is 5.32 Å². The Hall–Kier alpha value is -2.82. The molecule has 2 aromatic rings. The zero-order valence-electron chi connectivity index (χ0n) is 13.7. The maximum Gasteiger partial charge on any atom is 0.339 e. The normalized spacial score (nSPS) is 21.4. The lowest BCUT2D eigenvalue weighted by Crippen LogP contribution is -2.44. The lowest BCUT2D eigenvalue weighted by atomic mass is 9.96. The molecule has 4 rings (SSSR count). The van der Waals surface area contributed by atoms with Gasteiger partial charge in [-0.3, -0.25) is 4.79 Å². The van der Waals surface area contributed by atoms with Crippen molar-refractivity contribution < 1.29 is 19.1 Å². The van der Waals surface area contributed by atoms with E-state index in [1.54, 1.807) is 12.1 Å². The minimum atomic E-state index is -0.765. The van der Waals surface area contributed by atoms with Crippen LogP contribution in [0.3, 0.4) is 0 Å². The van der Waals surface area contributed by atoms with Crippen LogP contribution >= 0.6 is 0 Å². The second kappa shape index (κ2) is 6.59. The number of esters is 1. The summed E-state index contributed by atoms with van der Waals surface area (Å²) in [6, 6.07) is 15.2. The Labute approximate surface area is 145 Å². The summed E-state index contributed by atoms with van der Waals surface area (Å²) in [6.07, 6.45) is 0.515. The fourth-order valence-corrected chi connectivity index (χ4v) is 3.36. The molecule has 25 heavy (non-hydrogen) atoms. The van der Waals surface area contributed by atoms with Crippen LogP contribution in [0.5, 0.6) is 5.75 Å². The predicted molar refractivity (Wildman–Crippen MR) is 91.5 cm³/mol. The number of cyclic esters (lactones) is 1. The largest absolute Gasteiger partial charge is 0.493 e. The number of hydrogen-bond acceptors (Lipinski definition) is 4. The Kier molecular flexibility index (Phi) is 4.14. The number of carbonyl (C=O) groups excluding carboxylic acids is 2. The molecule has 128 valence electrons. The van der Waals surface area contributed by atoms with E-state index in [0.717, 1.165) is 23.3 Å². The summed E-state index contributed by atoms with van der Waals surface area (Å²) in [5, 5.41) is 2.91. The van der Waals surface area contributed by atoms with Gasteiger partial charge in [0.05, 0.1) is 12.2 Å². The summed E-state index contributed by atoms with van der Waals surface area (Å²) >= 11 is 0. The average Bonchev–Trinajstić information content (AvgIpc) is 2.66. The van der Waals surface area contributed by atoms with E-state index in [4.69, 9.17) is 9.47 Å². The zero-order valence-corrected chi connectivity index (χ0v) is 13.7. The van der Waals surface area contributed by atoms with Crippen LogP contribution in [0.1, 0.15) is 21.5 Å². The number of amides is 1. The molecular formula is C20H19NO4. The zero-order chi connectivity index (χ0) is 17.2. The van der Waals surface area contributed by atoms with Gasteiger partial charge in [0.1, 0.15) is 5.75 Å². The quantitative estimate of drug-likeness (QED) is 0.872. The smallest absolute Gasteiger partial charge is 0.339 e. The molecule has 5 nitrogen and oxygen atoms in total. The van der Waals surface area contributed by atoms with Gasteiger partial charge < -0.3 is 14.8 Å². The fraction of sp³-hybridized carbons (Fsp3) is 0.300. The monoisotopic (exact) mass is 337 g/mol. The van der Waals surface area contributed by atoms with Crippen molar-refractivity contribution in [3.8, 4) is 5.75 Å². The highest BCUT2D eigenvalue weighted by molar-refractivity contribution is 5.95. The number of para-hydroxylation sites is 1. The molecule has 0 aromatic heterocycles. The van der Waals surface area contributed by atoms with Crippen molar-refractivity contribution in [2.24, 2.45) is 5.92 Å². The topological polar surface area (TPSA) is 64.6 Å². The first-order valence-corrected chi connectivity index (χ1v) is 8.48. The standard InChI is InChI=1S/C20H19NO4/c22-19(18-10-14-5-1-3-7-16(14)20(23)25-18)21-11-13-9-15-6-2-4-8-17(15)24-12-13/h1-8,13,18H,9-12H2,(H,21,22). The van der Waals surface area contributed by atoms with E-state index >= 15 is 0 Å². The van der Waals surface area contributed by atoms with Crippen molar-refractivity contribution in [2.45, 2.75) is 18.9 Å². The second-order valence-corrected chi connectivity index (χ2v) is 6.49. The molecule has 0 spiro atoms. The highest BCUT2D eigenvalue weighted by atomic mass is 16.5. The van der Waals surface area contributed by atoms with Crippen LogP contribution in [0.2, 0.25) is 0 Å². The van der Waals surface area contributed by atoms with Gasteiger partial charge in [0.25, 0.3) is 5.91 Å². The van der Waals surface area contributed by atoms with Crippen molar-refractivity contribution in [1.82, 2.24) is 5.32 Å². The summed E-state index contributed by atoms with van der Waals surface area (Å²) in [5.41, 5.74) is 2.56. The minimum absolute atomic E-state index is 0.213. The highest BCUT2D eigenvalue weighted by Gasteiger charge is 2.31. The van der Waals surface area contributed by atoms with Crippen LogP contribution in [-0.2, 0) is 22.4 Å². The van der Waals surface area contributed by atoms with Gasteiger partial charge in [-0.1, -0.05) is 36.4 Å². The van der Waals surface area contributed by atoms with Gasteiger partial charge in [0, 0.05) is 18.9 Å². The number of benzene rings is 2. The Morgan fingerprint density at radius 1 is 1.04 bits per heavy atom. The van der Waals surface area contributed by atoms with Gasteiger partial charge in [-0.2, -0.15) is 0 Å². The van der Waals surface area contributed by atoms with E-state index in [0.29, 0.717) is 25.1 Å². The molecule has 2 unspecified atom stereocenters. The number of fused-ring (bicyclic) bond motifs is 2. The third-order valence-electron chi connectivity index (χ3n) is 4.71. The van der Waals surface area contributed by atoms with Crippen LogP contribution in [-0.4, -0.2) is 31.1 Å². The molecule has 2 heterocycles. The first-order chi connectivity index (χ1) is 12.2. The Bertz CT molecular complexity index is 817. The van der Waals surface area contributed by atoms with Crippen molar-refractivity contribution in [3.05, 3.63) is 65.2 Å². The van der Waals surface area contributed by atoms with Gasteiger partial charge in [-0.25, -0.2) is 4.79 Å². The minimum Gasteiger partial charge on any atom is -0.493 e. The van der Waals surface area contributed by atoms with Gasteiger partial charge in [-0.05, 0) is 29.7 Å². The van der Waals surface area contributed by atoms with Crippen LogP contribution in [0.25, 0.3) is 0 Å². The Morgan fingerprint density at radius 2 is 1.80 bits per heavy atom. The molecule has 1 amide bonds. The molecule has 1 N–H and O–H groups in total. The molecule has 5 heteroatoms. The molecule has 0 fully saturated rings. The molecule has 2 aromatic carbocycles. The van der Waals surface area contributed by atoms with Crippen LogP contribution in [0.15, 0.2) is 48.5 Å². The molecule has 0 saturated heterocycles. The van der Waals surface area contributed by atoms with E-state index < -0.39 is 12.1 Å². The number of ether oxygens (including phenoxy) is 2. The van der Waals surface area contributed by atoms with Crippen molar-refractivity contribution in [1.29, 1.82) is 0 Å².